The van der Waals surface area contributed by atoms with Gasteiger partial charge in [-0.3, -0.25) is 0 Å². The number of aromatic nitrogens is 2. The van der Waals surface area contributed by atoms with E-state index in [0.717, 1.165) is 0 Å². The van der Waals surface area contributed by atoms with Crippen LogP contribution < -0.4 is 10.1 Å². The van der Waals surface area contributed by atoms with Crippen molar-refractivity contribution >= 4 is 17.9 Å². The summed E-state index contributed by atoms with van der Waals surface area (Å²) in [6.07, 6.45) is 7.49. The number of anilines is 1. The summed E-state index contributed by atoms with van der Waals surface area (Å²) in [6.45, 7) is 3.79. The van der Waals surface area contributed by atoms with E-state index in [1.165, 1.54) is 19.4 Å². The number of ether oxygens (including phenoxy) is 4. The number of esters is 1. The number of carbonyl (C=O) groups is 1. The molecule has 2 fully saturated rings. The maximum Gasteiger partial charge on any atom is 0.330 e. The van der Waals surface area contributed by atoms with E-state index in [-0.39, 0.29) is 0 Å². The highest BCUT2D eigenvalue weighted by molar-refractivity contribution is 5.87. The number of methoxy groups -OCH3 is 1. The third-order valence-corrected chi connectivity index (χ3v) is 5.29. The molecule has 9 nitrogen and oxygen atoms in total. The number of nitrogens with one attached hydrogen (secondary N) is 1. The van der Waals surface area contributed by atoms with E-state index < -0.39 is 17.4 Å². The Hall–Kier alpha value is -2.23. The van der Waals surface area contributed by atoms with Gasteiger partial charge < -0.3 is 29.4 Å². The molecule has 9 heteroatoms. The molecule has 2 aliphatic rings. The highest BCUT2D eigenvalue weighted by Gasteiger charge is 2.45. The van der Waals surface area contributed by atoms with Crippen LogP contribution in [-0.4, -0.2) is 65.9 Å². The molecule has 0 aromatic carbocycles. The lowest BCUT2D eigenvalue weighted by Crippen LogP contribution is -2.44. The monoisotopic (exact) mass is 407 g/mol. The van der Waals surface area contributed by atoms with Crippen LogP contribution in [0.5, 0.6) is 5.88 Å². The Morgan fingerprint density at radius 1 is 1.31 bits per heavy atom. The Balaban J connectivity index is 1.58. The van der Waals surface area contributed by atoms with Crippen LogP contribution >= 0.6 is 0 Å². The van der Waals surface area contributed by atoms with E-state index in [1.54, 1.807) is 13.0 Å². The van der Waals surface area contributed by atoms with Crippen molar-refractivity contribution in [3.05, 3.63) is 18.0 Å². The molecule has 1 aliphatic carbocycles. The van der Waals surface area contributed by atoms with Gasteiger partial charge in [0.1, 0.15) is 5.69 Å². The van der Waals surface area contributed by atoms with Crippen molar-refractivity contribution in [1.82, 2.24) is 9.97 Å². The number of carbonyl (C=O) groups excluding carboxylic acids is 1. The van der Waals surface area contributed by atoms with Crippen molar-refractivity contribution in [3.63, 3.8) is 0 Å². The lowest BCUT2D eigenvalue weighted by molar-refractivity contribution is -0.202. The van der Waals surface area contributed by atoms with Gasteiger partial charge in [0, 0.05) is 25.5 Å². The predicted octanol–water partition coefficient (Wildman–Crippen LogP) is 1.91. The zero-order chi connectivity index (χ0) is 20.7. The molecule has 160 valence electrons. The van der Waals surface area contributed by atoms with Gasteiger partial charge in [-0.1, -0.05) is 0 Å². The smallest absolute Gasteiger partial charge is 0.330 e. The van der Waals surface area contributed by atoms with Gasteiger partial charge in [-0.2, -0.15) is 4.98 Å². The van der Waals surface area contributed by atoms with Crippen LogP contribution in [0.4, 0.5) is 5.82 Å². The molecule has 1 aromatic rings. The predicted molar refractivity (Wildman–Crippen MR) is 105 cm³/mol. The minimum absolute atomic E-state index is 0.304. The molecule has 1 saturated heterocycles. The average molecular weight is 407 g/mol. The lowest BCUT2D eigenvalue weighted by atomic mass is 9.79. The van der Waals surface area contributed by atoms with Crippen LogP contribution in [0.3, 0.4) is 0 Å². The molecule has 2 N–H and O–H groups in total. The molecule has 0 atom stereocenters. The highest BCUT2D eigenvalue weighted by Crippen LogP contribution is 2.41. The maximum absolute atomic E-state index is 11.6. The second-order valence-electron chi connectivity index (χ2n) is 7.24. The fraction of sp³-hybridized carbons (Fsp3) is 0.650. The molecule has 0 unspecified atom stereocenters. The lowest BCUT2D eigenvalue weighted by Gasteiger charge is -2.40. The molecule has 1 aliphatic heterocycles. The van der Waals surface area contributed by atoms with Crippen molar-refractivity contribution in [2.24, 2.45) is 0 Å². The fourth-order valence-corrected chi connectivity index (χ4v) is 3.62. The number of nitrogens with zero attached hydrogens (tertiary/aromatic N) is 2. The van der Waals surface area contributed by atoms with Crippen molar-refractivity contribution in [3.8, 4) is 5.88 Å². The van der Waals surface area contributed by atoms with Gasteiger partial charge in [0.05, 0.1) is 38.7 Å². The molecule has 0 radical (unpaired) electrons. The van der Waals surface area contributed by atoms with E-state index >= 15 is 0 Å². The second kappa shape index (κ2) is 9.51. The van der Waals surface area contributed by atoms with Gasteiger partial charge in [-0.25, -0.2) is 9.78 Å². The quantitative estimate of drug-likeness (QED) is 0.493. The van der Waals surface area contributed by atoms with Crippen LogP contribution in [0.25, 0.3) is 6.08 Å². The normalized spacial score (nSPS) is 20.1. The van der Waals surface area contributed by atoms with E-state index in [9.17, 15) is 9.90 Å². The molecular weight excluding hydrogens is 378 g/mol. The number of rotatable bonds is 8. The Labute approximate surface area is 170 Å². The number of hydrogen-bond donors (Lipinski definition) is 2. The minimum atomic E-state index is -0.777. The molecule has 1 saturated carbocycles. The molecule has 0 bridgehead atoms. The molecule has 0 amide bonds. The highest BCUT2D eigenvalue weighted by atomic mass is 16.7. The molecule has 1 aromatic heterocycles. The summed E-state index contributed by atoms with van der Waals surface area (Å²) in [6, 6.07) is 0. The van der Waals surface area contributed by atoms with Crippen LogP contribution in [0.15, 0.2) is 12.3 Å². The topological polar surface area (TPSA) is 112 Å². The summed E-state index contributed by atoms with van der Waals surface area (Å²) in [5.74, 6) is -0.112. The molecular formula is C20H29N3O6. The zero-order valence-corrected chi connectivity index (χ0v) is 17.0. The molecule has 1 spiro atoms. The zero-order valence-electron chi connectivity index (χ0n) is 17.0. The second-order valence-corrected chi connectivity index (χ2v) is 7.24. The molecule has 2 heterocycles. The summed E-state index contributed by atoms with van der Waals surface area (Å²) in [5, 5.41) is 14.1. The van der Waals surface area contributed by atoms with Gasteiger partial charge >= 0.3 is 5.97 Å². The Kier molecular flexibility index (Phi) is 7.05. The Morgan fingerprint density at radius 2 is 2.03 bits per heavy atom. The van der Waals surface area contributed by atoms with Gasteiger partial charge in [0.15, 0.2) is 11.6 Å². The Bertz CT molecular complexity index is 723. The van der Waals surface area contributed by atoms with Crippen molar-refractivity contribution < 1.29 is 28.8 Å². The van der Waals surface area contributed by atoms with Gasteiger partial charge in [-0.05, 0) is 32.3 Å². The van der Waals surface area contributed by atoms with E-state index in [2.05, 4.69) is 15.3 Å². The SMILES string of the molecule is CCOC(=O)/C=C/c1ncc(OC)nc1NCCC1(O)CCC2(CC1)OCCO2. The Morgan fingerprint density at radius 3 is 2.69 bits per heavy atom. The van der Waals surface area contributed by atoms with Crippen LogP contribution in [-0.2, 0) is 19.0 Å². The first-order valence-electron chi connectivity index (χ1n) is 9.98. The first-order valence-corrected chi connectivity index (χ1v) is 9.98. The third-order valence-electron chi connectivity index (χ3n) is 5.29. The molecule has 29 heavy (non-hydrogen) atoms. The first kappa shape index (κ1) is 21.5. The fourth-order valence-electron chi connectivity index (χ4n) is 3.62. The standard InChI is InChI=1S/C20H29N3O6/c1-3-27-17(24)5-4-15-18(23-16(26-2)14-22-15)21-11-10-19(25)6-8-20(9-7-19)28-12-13-29-20/h4-5,14,25H,3,6-13H2,1-2H3,(H,21,23)/b5-4+. The summed E-state index contributed by atoms with van der Waals surface area (Å²) >= 11 is 0. The average Bonchev–Trinajstić information content (AvgIpc) is 3.18. The largest absolute Gasteiger partial charge is 0.480 e. The summed E-state index contributed by atoms with van der Waals surface area (Å²) in [4.78, 5) is 20.2. The third kappa shape index (κ3) is 5.65. The van der Waals surface area contributed by atoms with Crippen LogP contribution in [0.1, 0.15) is 44.7 Å². The van der Waals surface area contributed by atoms with Crippen LogP contribution in [0.2, 0.25) is 0 Å². The first-order chi connectivity index (χ1) is 14.0. The van der Waals surface area contributed by atoms with Gasteiger partial charge in [-0.15, -0.1) is 0 Å². The summed E-state index contributed by atoms with van der Waals surface area (Å²) in [7, 11) is 1.51. The molecule has 3 rings (SSSR count). The van der Waals surface area contributed by atoms with Gasteiger partial charge in [0.25, 0.3) is 0 Å². The summed E-state index contributed by atoms with van der Waals surface area (Å²) < 4.78 is 21.5. The summed E-state index contributed by atoms with van der Waals surface area (Å²) in [5.41, 5.74) is -0.290. The van der Waals surface area contributed by atoms with Crippen LogP contribution in [0, 0.1) is 0 Å². The van der Waals surface area contributed by atoms with E-state index in [1.807, 2.05) is 0 Å². The van der Waals surface area contributed by atoms with E-state index in [0.29, 0.717) is 75.9 Å². The van der Waals surface area contributed by atoms with E-state index in [4.69, 9.17) is 18.9 Å². The maximum atomic E-state index is 11.6. The number of aliphatic hydroxyl groups is 1. The van der Waals surface area contributed by atoms with Crippen molar-refractivity contribution in [1.29, 1.82) is 0 Å². The minimum Gasteiger partial charge on any atom is -0.480 e. The number of hydrogen-bond acceptors (Lipinski definition) is 9. The van der Waals surface area contributed by atoms with Crippen molar-refractivity contribution in [2.45, 2.75) is 50.4 Å². The van der Waals surface area contributed by atoms with Crippen molar-refractivity contribution in [2.75, 3.05) is 38.8 Å². The van der Waals surface area contributed by atoms with Gasteiger partial charge in [0.2, 0.25) is 5.88 Å².